The summed E-state index contributed by atoms with van der Waals surface area (Å²) >= 11 is 1.06. The zero-order chi connectivity index (χ0) is 16.4. The van der Waals surface area contributed by atoms with Crippen LogP contribution in [0.2, 0.25) is 0 Å². The number of carbonyl (C=O) groups is 2. The lowest BCUT2D eigenvalue weighted by Crippen LogP contribution is -2.26. The molecule has 2 heterocycles. The zero-order valence-corrected chi connectivity index (χ0v) is 13.0. The summed E-state index contributed by atoms with van der Waals surface area (Å²) in [6.07, 6.45) is -0.248. The van der Waals surface area contributed by atoms with Crippen LogP contribution in [0.25, 0.3) is 11.0 Å². The molecular formula is C15H13N3O4S. The molecule has 1 aliphatic heterocycles. The first-order valence-electron chi connectivity index (χ1n) is 6.83. The summed E-state index contributed by atoms with van der Waals surface area (Å²) < 4.78 is 5.67. The van der Waals surface area contributed by atoms with E-state index < -0.39 is 11.2 Å². The molecule has 23 heavy (non-hydrogen) atoms. The maximum atomic E-state index is 11.6. The number of hydrogen-bond donors (Lipinski definition) is 2. The Morgan fingerprint density at radius 1 is 1.43 bits per heavy atom. The van der Waals surface area contributed by atoms with E-state index in [-0.39, 0.29) is 17.5 Å². The standard InChI is InChI=1S/C15H13N3O4S/c1-8(11-6-9-4-2-3-5-10(9)22-11)17-18-15-16-14(21)12(23-15)7-13(19)20/h2-6,12H,7H2,1H3,(H,19,20)(H,16,18,21)/b17-8+/t12-/m0/s1. The lowest BCUT2D eigenvalue weighted by atomic mass is 10.2. The van der Waals surface area contributed by atoms with E-state index >= 15 is 0 Å². The highest BCUT2D eigenvalue weighted by atomic mass is 32.2. The Balaban J connectivity index is 1.76. The van der Waals surface area contributed by atoms with Crippen molar-refractivity contribution in [3.05, 3.63) is 36.1 Å². The van der Waals surface area contributed by atoms with Gasteiger partial charge in [0.2, 0.25) is 5.91 Å². The highest BCUT2D eigenvalue weighted by molar-refractivity contribution is 8.15. The average Bonchev–Trinajstić information content (AvgIpc) is 3.08. The fraction of sp³-hybridized carbons (Fsp3) is 0.200. The summed E-state index contributed by atoms with van der Waals surface area (Å²) in [6.45, 7) is 1.75. The Morgan fingerprint density at radius 2 is 2.22 bits per heavy atom. The third-order valence-corrected chi connectivity index (χ3v) is 4.28. The van der Waals surface area contributed by atoms with Crippen LogP contribution >= 0.6 is 11.8 Å². The van der Waals surface area contributed by atoms with Gasteiger partial charge in [-0.15, -0.1) is 10.2 Å². The monoisotopic (exact) mass is 331 g/mol. The first-order valence-corrected chi connectivity index (χ1v) is 7.71. The number of carboxylic acids is 1. The molecule has 2 N–H and O–H groups in total. The number of rotatable bonds is 4. The molecule has 1 saturated heterocycles. The van der Waals surface area contributed by atoms with Gasteiger partial charge in [0, 0.05) is 5.39 Å². The van der Waals surface area contributed by atoms with Crippen LogP contribution < -0.4 is 5.32 Å². The summed E-state index contributed by atoms with van der Waals surface area (Å²) in [7, 11) is 0. The van der Waals surface area contributed by atoms with Crippen LogP contribution in [0.3, 0.4) is 0 Å². The van der Waals surface area contributed by atoms with Gasteiger partial charge in [-0.2, -0.15) is 0 Å². The molecule has 0 unspecified atom stereocenters. The summed E-state index contributed by atoms with van der Waals surface area (Å²) in [5, 5.41) is 19.8. The number of nitrogens with zero attached hydrogens (tertiary/aromatic N) is 2. The number of para-hydroxylation sites is 1. The van der Waals surface area contributed by atoms with Gasteiger partial charge in [-0.3, -0.25) is 9.59 Å². The van der Waals surface area contributed by atoms with Crippen molar-refractivity contribution in [1.82, 2.24) is 5.32 Å². The smallest absolute Gasteiger partial charge is 0.305 e. The maximum Gasteiger partial charge on any atom is 0.305 e. The number of hydrogen-bond acceptors (Lipinski definition) is 6. The first kappa shape index (κ1) is 15.3. The minimum absolute atomic E-state index is 0.248. The number of nitrogens with one attached hydrogen (secondary N) is 1. The molecule has 1 aromatic carbocycles. The highest BCUT2D eigenvalue weighted by Gasteiger charge is 2.32. The molecule has 118 valence electrons. The van der Waals surface area contributed by atoms with Crippen LogP contribution in [0.1, 0.15) is 19.1 Å². The Labute approximate surface area is 135 Å². The second-order valence-electron chi connectivity index (χ2n) is 4.93. The molecule has 8 heteroatoms. The number of aliphatic carboxylic acids is 1. The van der Waals surface area contributed by atoms with Crippen molar-refractivity contribution in [2.45, 2.75) is 18.6 Å². The number of amidine groups is 1. The summed E-state index contributed by atoms with van der Waals surface area (Å²) in [5.41, 5.74) is 1.32. The lowest BCUT2D eigenvalue weighted by molar-refractivity contribution is -0.138. The third kappa shape index (κ3) is 3.42. The van der Waals surface area contributed by atoms with Crippen LogP contribution in [0.5, 0.6) is 0 Å². The lowest BCUT2D eigenvalue weighted by Gasteiger charge is -1.98. The molecule has 7 nitrogen and oxygen atoms in total. The number of benzene rings is 1. The van der Waals surface area contributed by atoms with E-state index in [1.165, 1.54) is 0 Å². The van der Waals surface area contributed by atoms with E-state index in [1.54, 1.807) is 6.92 Å². The quantitative estimate of drug-likeness (QED) is 0.660. The molecule has 2 aromatic rings. The van der Waals surface area contributed by atoms with Gasteiger partial charge in [-0.05, 0) is 19.1 Å². The number of furan rings is 1. The maximum absolute atomic E-state index is 11.6. The number of thioether (sulfide) groups is 1. The van der Waals surface area contributed by atoms with Crippen LogP contribution in [0.15, 0.2) is 45.0 Å². The predicted octanol–water partition coefficient (Wildman–Crippen LogP) is 2.22. The largest absolute Gasteiger partial charge is 0.481 e. The van der Waals surface area contributed by atoms with Gasteiger partial charge in [0.25, 0.3) is 0 Å². The van der Waals surface area contributed by atoms with Crippen molar-refractivity contribution in [3.63, 3.8) is 0 Å². The second kappa shape index (κ2) is 6.25. The molecule has 3 rings (SSSR count). The SMILES string of the molecule is C/C(=N\N=C1\NC(=O)[C@H](CC(=O)O)S1)c1cc2ccccc2o1. The van der Waals surface area contributed by atoms with Crippen molar-refractivity contribution in [2.75, 3.05) is 0 Å². The van der Waals surface area contributed by atoms with Crippen molar-refractivity contribution >= 4 is 45.5 Å². The van der Waals surface area contributed by atoms with Gasteiger partial charge in [-0.1, -0.05) is 30.0 Å². The summed E-state index contributed by atoms with van der Waals surface area (Å²) in [4.78, 5) is 22.3. The van der Waals surface area contributed by atoms with Gasteiger partial charge >= 0.3 is 5.97 Å². The Hall–Kier alpha value is -2.61. The van der Waals surface area contributed by atoms with E-state index in [2.05, 4.69) is 15.5 Å². The normalized spacial score (nSPS) is 20.2. The highest BCUT2D eigenvalue weighted by Crippen LogP contribution is 2.23. The molecule has 0 saturated carbocycles. The van der Waals surface area contributed by atoms with E-state index in [9.17, 15) is 9.59 Å². The van der Waals surface area contributed by atoms with Crippen molar-refractivity contribution in [1.29, 1.82) is 0 Å². The fourth-order valence-corrected chi connectivity index (χ4v) is 2.98. The molecule has 1 amide bonds. The number of fused-ring (bicyclic) bond motifs is 1. The topological polar surface area (TPSA) is 104 Å². The minimum Gasteiger partial charge on any atom is -0.481 e. The molecule has 1 aliphatic rings. The van der Waals surface area contributed by atoms with Crippen molar-refractivity contribution in [2.24, 2.45) is 10.2 Å². The molecule has 0 aliphatic carbocycles. The molecule has 1 fully saturated rings. The molecule has 0 bridgehead atoms. The molecule has 1 atom stereocenters. The van der Waals surface area contributed by atoms with Gasteiger partial charge in [0.05, 0.1) is 6.42 Å². The van der Waals surface area contributed by atoms with E-state index in [0.29, 0.717) is 11.5 Å². The third-order valence-electron chi connectivity index (χ3n) is 3.21. The predicted molar refractivity (Wildman–Crippen MR) is 87.6 cm³/mol. The van der Waals surface area contributed by atoms with Crippen LogP contribution in [-0.2, 0) is 9.59 Å². The average molecular weight is 331 g/mol. The first-order chi connectivity index (χ1) is 11.0. The summed E-state index contributed by atoms with van der Waals surface area (Å²) in [5.74, 6) is -0.805. The van der Waals surface area contributed by atoms with E-state index in [0.717, 1.165) is 22.7 Å². The van der Waals surface area contributed by atoms with Gasteiger partial charge in [0.1, 0.15) is 16.5 Å². The van der Waals surface area contributed by atoms with Crippen molar-refractivity contribution in [3.8, 4) is 0 Å². The van der Waals surface area contributed by atoms with Crippen molar-refractivity contribution < 1.29 is 19.1 Å². The Bertz CT molecular complexity index is 807. The Morgan fingerprint density at radius 3 is 2.96 bits per heavy atom. The van der Waals surface area contributed by atoms with Gasteiger partial charge in [-0.25, -0.2) is 0 Å². The fourth-order valence-electron chi connectivity index (χ4n) is 2.08. The second-order valence-corrected chi connectivity index (χ2v) is 6.12. The molecule has 0 spiro atoms. The van der Waals surface area contributed by atoms with Gasteiger partial charge in [0.15, 0.2) is 10.9 Å². The number of carbonyl (C=O) groups excluding carboxylic acids is 1. The number of carboxylic acid groups (broad SMARTS) is 1. The van der Waals surface area contributed by atoms with Crippen LogP contribution in [0, 0.1) is 0 Å². The molecule has 1 aromatic heterocycles. The summed E-state index contributed by atoms with van der Waals surface area (Å²) in [6, 6.07) is 9.46. The van der Waals surface area contributed by atoms with E-state index in [4.69, 9.17) is 9.52 Å². The van der Waals surface area contributed by atoms with Crippen LogP contribution in [0.4, 0.5) is 0 Å². The number of amides is 1. The minimum atomic E-state index is -1.03. The van der Waals surface area contributed by atoms with E-state index in [1.807, 2.05) is 30.3 Å². The Kier molecular flexibility index (Phi) is 4.16. The molecular weight excluding hydrogens is 318 g/mol. The van der Waals surface area contributed by atoms with Gasteiger partial charge < -0.3 is 14.8 Å². The van der Waals surface area contributed by atoms with Crippen LogP contribution in [-0.4, -0.2) is 33.1 Å². The molecule has 0 radical (unpaired) electrons. The zero-order valence-electron chi connectivity index (χ0n) is 12.1.